The molecule has 0 aromatic heterocycles. The maximum atomic E-state index is 13.2. The average Bonchev–Trinajstić information content (AvgIpc) is 2.83. The Bertz CT molecular complexity index is 1230. The Balaban J connectivity index is 1.73. The van der Waals surface area contributed by atoms with Gasteiger partial charge in [0.2, 0.25) is 5.91 Å². The molecule has 3 N–H and O–H groups in total. The van der Waals surface area contributed by atoms with Gasteiger partial charge in [-0.05, 0) is 66.1 Å². The number of amides is 2. The van der Waals surface area contributed by atoms with Crippen molar-refractivity contribution in [1.29, 1.82) is 0 Å². The summed E-state index contributed by atoms with van der Waals surface area (Å²) in [5.74, 6) is -2.93. The molecule has 194 valence electrons. The summed E-state index contributed by atoms with van der Waals surface area (Å²) >= 11 is 5.98. The number of carboxylic acid groups (broad SMARTS) is 1. The Morgan fingerprint density at radius 1 is 0.919 bits per heavy atom. The first-order chi connectivity index (χ1) is 17.5. The minimum atomic E-state index is -4.82. The molecule has 0 aliphatic carbocycles. The van der Waals surface area contributed by atoms with Crippen LogP contribution in [0, 0.1) is 0 Å². The highest BCUT2D eigenvalue weighted by Gasteiger charge is 2.31. The smallest absolute Gasteiger partial charge is 0.481 e. The first-order valence-electron chi connectivity index (χ1n) is 11.0. The van der Waals surface area contributed by atoms with E-state index in [4.69, 9.17) is 16.7 Å². The molecule has 0 saturated carbocycles. The molecule has 3 aromatic carbocycles. The molecule has 2 amide bonds. The highest BCUT2D eigenvalue weighted by molar-refractivity contribution is 6.30. The number of carbonyl (C=O) groups excluding carboxylic acids is 2. The summed E-state index contributed by atoms with van der Waals surface area (Å²) in [6.07, 6.45) is -4.76. The largest absolute Gasteiger partial charge is 0.573 e. The minimum Gasteiger partial charge on any atom is -0.481 e. The first-order valence-corrected chi connectivity index (χ1v) is 11.4. The summed E-state index contributed by atoms with van der Waals surface area (Å²) in [6, 6.07) is 18.0. The molecule has 7 nitrogen and oxygen atoms in total. The van der Waals surface area contributed by atoms with Gasteiger partial charge in [-0.1, -0.05) is 35.9 Å². The number of hydrogen-bond acceptors (Lipinski definition) is 4. The number of aliphatic carboxylic acids is 1. The van der Waals surface area contributed by atoms with Crippen molar-refractivity contribution in [3.63, 3.8) is 0 Å². The summed E-state index contributed by atoms with van der Waals surface area (Å²) in [4.78, 5) is 36.0. The molecule has 0 bridgehead atoms. The molecule has 0 aliphatic heterocycles. The topological polar surface area (TPSA) is 105 Å². The molecule has 11 heteroatoms. The van der Waals surface area contributed by atoms with E-state index in [2.05, 4.69) is 15.4 Å². The van der Waals surface area contributed by atoms with Crippen LogP contribution in [0.3, 0.4) is 0 Å². The van der Waals surface area contributed by atoms with Crippen molar-refractivity contribution in [2.45, 2.75) is 25.1 Å². The molecule has 0 radical (unpaired) electrons. The summed E-state index contributed by atoms with van der Waals surface area (Å²) in [7, 11) is 0. The number of nitrogens with one attached hydrogen (secondary N) is 2. The maximum absolute atomic E-state index is 13.2. The van der Waals surface area contributed by atoms with Crippen LogP contribution in [-0.4, -0.2) is 35.8 Å². The quantitative estimate of drug-likeness (QED) is 0.323. The van der Waals surface area contributed by atoms with Crippen molar-refractivity contribution in [1.82, 2.24) is 5.32 Å². The van der Waals surface area contributed by atoms with E-state index < -0.39 is 35.8 Å². The molecule has 3 aromatic rings. The van der Waals surface area contributed by atoms with Crippen molar-refractivity contribution in [3.05, 3.63) is 94.5 Å². The normalized spacial score (nSPS) is 11.9. The number of hydrogen-bond donors (Lipinski definition) is 3. The second kappa shape index (κ2) is 12.3. The second-order valence-electron chi connectivity index (χ2n) is 7.97. The van der Waals surface area contributed by atoms with Gasteiger partial charge in [0, 0.05) is 22.8 Å². The van der Waals surface area contributed by atoms with Crippen LogP contribution in [0.15, 0.2) is 72.8 Å². The highest BCUT2D eigenvalue weighted by Crippen LogP contribution is 2.27. The van der Waals surface area contributed by atoms with Crippen molar-refractivity contribution >= 4 is 35.1 Å². The summed E-state index contributed by atoms with van der Waals surface area (Å²) in [5.41, 5.74) is 2.02. The zero-order valence-corrected chi connectivity index (χ0v) is 20.0. The zero-order valence-electron chi connectivity index (χ0n) is 19.2. The number of carboxylic acids is 1. The SMILES string of the molecule is O=C(O)CCNC(=O)c1ccc(CC(C(=O)Nc2ccc(OC(F)(F)F)cc2)c2ccc(Cl)cc2)cc1. The predicted molar refractivity (Wildman–Crippen MR) is 131 cm³/mol. The number of halogens is 4. The zero-order chi connectivity index (χ0) is 27.0. The fourth-order valence-electron chi connectivity index (χ4n) is 3.44. The number of benzene rings is 3. The fourth-order valence-corrected chi connectivity index (χ4v) is 3.57. The van der Waals surface area contributed by atoms with E-state index in [-0.39, 0.29) is 25.1 Å². The Kier molecular flexibility index (Phi) is 9.13. The van der Waals surface area contributed by atoms with Gasteiger partial charge in [0.05, 0.1) is 12.3 Å². The summed E-state index contributed by atoms with van der Waals surface area (Å²) < 4.78 is 41.0. The van der Waals surface area contributed by atoms with Gasteiger partial charge in [-0.25, -0.2) is 0 Å². The molecule has 0 aliphatic rings. The molecule has 37 heavy (non-hydrogen) atoms. The number of rotatable bonds is 10. The number of alkyl halides is 3. The van der Waals surface area contributed by atoms with Gasteiger partial charge in [0.15, 0.2) is 0 Å². The molecular weight excluding hydrogens is 513 g/mol. The summed E-state index contributed by atoms with van der Waals surface area (Å²) in [6.45, 7) is -0.00194. The average molecular weight is 535 g/mol. The first kappa shape index (κ1) is 27.5. The van der Waals surface area contributed by atoms with Crippen molar-refractivity contribution in [2.24, 2.45) is 0 Å². The van der Waals surface area contributed by atoms with E-state index >= 15 is 0 Å². The van der Waals surface area contributed by atoms with Gasteiger partial charge in [-0.15, -0.1) is 13.2 Å². The van der Waals surface area contributed by atoms with Crippen LogP contribution in [0.2, 0.25) is 5.02 Å². The Morgan fingerprint density at radius 3 is 2.11 bits per heavy atom. The molecule has 1 atom stereocenters. The Morgan fingerprint density at radius 2 is 1.54 bits per heavy atom. The van der Waals surface area contributed by atoms with E-state index in [1.807, 2.05) is 0 Å². The number of anilines is 1. The van der Waals surface area contributed by atoms with Crippen LogP contribution in [-0.2, 0) is 16.0 Å². The van der Waals surface area contributed by atoms with Crippen LogP contribution in [0.1, 0.15) is 33.8 Å². The second-order valence-corrected chi connectivity index (χ2v) is 8.40. The number of ether oxygens (including phenoxy) is 1. The van der Waals surface area contributed by atoms with Crippen molar-refractivity contribution in [3.8, 4) is 5.75 Å². The molecule has 0 fully saturated rings. The van der Waals surface area contributed by atoms with Crippen LogP contribution in [0.5, 0.6) is 5.75 Å². The highest BCUT2D eigenvalue weighted by atomic mass is 35.5. The third-order valence-corrected chi connectivity index (χ3v) is 5.48. The standard InChI is InChI=1S/C26H22ClF3N2O5/c27-19-7-5-17(6-8-19)22(25(36)32-20-9-11-21(12-10-20)37-26(28,29)30)15-16-1-3-18(4-2-16)24(35)31-14-13-23(33)34/h1-12,22H,13-15H2,(H,31,35)(H,32,36)(H,33,34). The number of carbonyl (C=O) groups is 3. The lowest BCUT2D eigenvalue weighted by Crippen LogP contribution is -2.26. The lowest BCUT2D eigenvalue weighted by molar-refractivity contribution is -0.274. The predicted octanol–water partition coefficient (Wildman–Crippen LogP) is 5.41. The Hall–Kier alpha value is -4.05. The van der Waals surface area contributed by atoms with Crippen LogP contribution >= 0.6 is 11.6 Å². The third-order valence-electron chi connectivity index (χ3n) is 5.22. The van der Waals surface area contributed by atoms with Gasteiger partial charge in [0.25, 0.3) is 5.91 Å². The molecule has 0 heterocycles. The van der Waals surface area contributed by atoms with Gasteiger partial charge in [-0.2, -0.15) is 0 Å². The van der Waals surface area contributed by atoms with Crippen LogP contribution in [0.4, 0.5) is 18.9 Å². The van der Waals surface area contributed by atoms with Gasteiger partial charge < -0.3 is 20.5 Å². The monoisotopic (exact) mass is 534 g/mol. The van der Waals surface area contributed by atoms with E-state index in [0.717, 1.165) is 17.7 Å². The maximum Gasteiger partial charge on any atom is 0.573 e. The van der Waals surface area contributed by atoms with Gasteiger partial charge >= 0.3 is 12.3 Å². The van der Waals surface area contributed by atoms with Crippen molar-refractivity contribution < 1.29 is 37.4 Å². The van der Waals surface area contributed by atoms with E-state index in [9.17, 15) is 27.6 Å². The Labute approximate surface area is 215 Å². The van der Waals surface area contributed by atoms with E-state index in [1.165, 1.54) is 12.1 Å². The van der Waals surface area contributed by atoms with Crippen LogP contribution in [0.25, 0.3) is 0 Å². The van der Waals surface area contributed by atoms with Crippen LogP contribution < -0.4 is 15.4 Å². The van der Waals surface area contributed by atoms with E-state index in [0.29, 0.717) is 16.1 Å². The summed E-state index contributed by atoms with van der Waals surface area (Å²) in [5, 5.41) is 14.4. The molecule has 0 spiro atoms. The molecule has 3 rings (SSSR count). The van der Waals surface area contributed by atoms with E-state index in [1.54, 1.807) is 48.5 Å². The lowest BCUT2D eigenvalue weighted by Gasteiger charge is -2.18. The minimum absolute atomic E-state index is 0.00194. The third kappa shape index (κ3) is 8.84. The van der Waals surface area contributed by atoms with Crippen molar-refractivity contribution in [2.75, 3.05) is 11.9 Å². The van der Waals surface area contributed by atoms with Gasteiger partial charge in [-0.3, -0.25) is 14.4 Å². The fraction of sp³-hybridized carbons (Fsp3) is 0.192. The molecular formula is C26H22ClF3N2O5. The van der Waals surface area contributed by atoms with Gasteiger partial charge in [0.1, 0.15) is 5.75 Å². The lowest BCUT2D eigenvalue weighted by atomic mass is 9.90. The molecule has 0 saturated heterocycles. The molecule has 1 unspecified atom stereocenters.